The molecule has 1 fully saturated rings. The van der Waals surface area contributed by atoms with E-state index in [0.717, 1.165) is 6.42 Å². The van der Waals surface area contributed by atoms with Crippen LogP contribution in [0.5, 0.6) is 0 Å². The molecule has 0 unspecified atom stereocenters. The van der Waals surface area contributed by atoms with Gasteiger partial charge in [-0.3, -0.25) is 9.59 Å². The van der Waals surface area contributed by atoms with Crippen LogP contribution < -0.4 is 5.32 Å². The van der Waals surface area contributed by atoms with E-state index in [2.05, 4.69) is 5.32 Å². The molecule has 6 nitrogen and oxygen atoms in total. The molecule has 0 heterocycles. The summed E-state index contributed by atoms with van der Waals surface area (Å²) in [5.74, 6) is -2.20. The summed E-state index contributed by atoms with van der Waals surface area (Å²) in [6, 6.07) is 0. The van der Waals surface area contributed by atoms with Gasteiger partial charge < -0.3 is 10.4 Å². The number of sulfone groups is 1. The first kappa shape index (κ1) is 15.9. The maximum Gasteiger partial charge on any atom is 0.305 e. The van der Waals surface area contributed by atoms with Crippen molar-refractivity contribution in [3.05, 3.63) is 0 Å². The lowest BCUT2D eigenvalue weighted by atomic mass is 9.74. The summed E-state index contributed by atoms with van der Waals surface area (Å²) in [6.45, 7) is 4.60. The van der Waals surface area contributed by atoms with Crippen LogP contribution in [0.4, 0.5) is 0 Å². The molecule has 0 bridgehead atoms. The van der Waals surface area contributed by atoms with Crippen LogP contribution in [0.25, 0.3) is 0 Å². The fourth-order valence-electron chi connectivity index (χ4n) is 1.96. The second-order valence-electron chi connectivity index (χ2n) is 6.12. The number of aliphatic carboxylic acids is 1. The van der Waals surface area contributed by atoms with Crippen LogP contribution in [0.2, 0.25) is 0 Å². The Hall–Kier alpha value is -1.11. The maximum atomic E-state index is 11.9. The predicted molar refractivity (Wildman–Crippen MR) is 70.5 cm³/mol. The number of carboxylic acid groups (broad SMARTS) is 1. The molecular formula is C12H21NO5S. The molecule has 1 aliphatic carbocycles. The number of hydrogen-bond acceptors (Lipinski definition) is 4. The van der Waals surface area contributed by atoms with Crippen LogP contribution >= 0.6 is 0 Å². The monoisotopic (exact) mass is 291 g/mol. The van der Waals surface area contributed by atoms with E-state index in [1.54, 1.807) is 0 Å². The van der Waals surface area contributed by atoms with Crippen LogP contribution in [0, 0.1) is 0 Å². The Morgan fingerprint density at radius 2 is 1.79 bits per heavy atom. The first-order chi connectivity index (χ1) is 8.47. The first-order valence-electron chi connectivity index (χ1n) is 6.23. The first-order valence-corrected chi connectivity index (χ1v) is 7.88. The fraction of sp³-hybridized carbons (Fsp3) is 0.833. The SMILES string of the molecule is CC(C)(C)S(=O)(=O)CC(=O)NC1(CC(=O)O)CCC1. The molecule has 1 rings (SSSR count). The number of rotatable bonds is 5. The highest BCUT2D eigenvalue weighted by Crippen LogP contribution is 2.35. The summed E-state index contributed by atoms with van der Waals surface area (Å²) in [5.41, 5.74) is -0.754. The average molecular weight is 291 g/mol. The predicted octanol–water partition coefficient (Wildman–Crippen LogP) is 0.713. The number of amides is 1. The van der Waals surface area contributed by atoms with Crippen molar-refractivity contribution in [3.8, 4) is 0 Å². The molecule has 7 heteroatoms. The van der Waals surface area contributed by atoms with Crippen molar-refractivity contribution >= 4 is 21.7 Å². The molecule has 0 saturated heterocycles. The molecule has 0 aromatic carbocycles. The van der Waals surface area contributed by atoms with Crippen molar-refractivity contribution in [2.75, 3.05) is 5.75 Å². The van der Waals surface area contributed by atoms with Gasteiger partial charge in [-0.05, 0) is 40.0 Å². The Balaban J connectivity index is 2.68. The van der Waals surface area contributed by atoms with Gasteiger partial charge in [-0.25, -0.2) is 8.42 Å². The molecule has 0 aliphatic heterocycles. The Morgan fingerprint density at radius 1 is 1.26 bits per heavy atom. The molecule has 1 saturated carbocycles. The molecular weight excluding hydrogens is 270 g/mol. The van der Waals surface area contributed by atoms with Gasteiger partial charge in [0, 0.05) is 0 Å². The third-order valence-electron chi connectivity index (χ3n) is 3.46. The van der Waals surface area contributed by atoms with Crippen molar-refractivity contribution in [1.82, 2.24) is 5.32 Å². The maximum absolute atomic E-state index is 11.9. The zero-order chi connectivity index (χ0) is 14.9. The Bertz CT molecular complexity index is 471. The van der Waals surface area contributed by atoms with Crippen molar-refractivity contribution < 1.29 is 23.1 Å². The van der Waals surface area contributed by atoms with Gasteiger partial charge in [0.05, 0.1) is 16.7 Å². The minimum atomic E-state index is -3.54. The van der Waals surface area contributed by atoms with Crippen LogP contribution in [0.15, 0.2) is 0 Å². The molecule has 0 aromatic rings. The molecule has 0 radical (unpaired) electrons. The van der Waals surface area contributed by atoms with Crippen LogP contribution in [-0.2, 0) is 19.4 Å². The Kier molecular flexibility index (Phi) is 4.29. The zero-order valence-electron chi connectivity index (χ0n) is 11.5. The van der Waals surface area contributed by atoms with E-state index in [0.29, 0.717) is 12.8 Å². The van der Waals surface area contributed by atoms with Gasteiger partial charge in [0.15, 0.2) is 9.84 Å². The molecule has 19 heavy (non-hydrogen) atoms. The van der Waals surface area contributed by atoms with Gasteiger partial charge in [0.25, 0.3) is 0 Å². The molecule has 110 valence electrons. The summed E-state index contributed by atoms with van der Waals surface area (Å²) in [6.07, 6.45) is 1.86. The molecule has 2 N–H and O–H groups in total. The van der Waals surface area contributed by atoms with Crippen LogP contribution in [-0.4, -0.2) is 41.4 Å². The topological polar surface area (TPSA) is 101 Å². The van der Waals surface area contributed by atoms with E-state index >= 15 is 0 Å². The van der Waals surface area contributed by atoms with E-state index in [1.807, 2.05) is 0 Å². The quantitative estimate of drug-likeness (QED) is 0.777. The van der Waals surface area contributed by atoms with Crippen molar-refractivity contribution in [2.45, 2.75) is 56.7 Å². The summed E-state index contributed by atoms with van der Waals surface area (Å²) < 4.78 is 22.8. The number of carboxylic acids is 1. The van der Waals surface area contributed by atoms with Gasteiger partial charge >= 0.3 is 5.97 Å². The fourth-order valence-corrected chi connectivity index (χ4v) is 2.81. The van der Waals surface area contributed by atoms with Gasteiger partial charge in [-0.2, -0.15) is 0 Å². The third kappa shape index (κ3) is 3.92. The molecule has 1 aliphatic rings. The van der Waals surface area contributed by atoms with E-state index in [1.165, 1.54) is 20.8 Å². The normalized spacial score (nSPS) is 18.5. The van der Waals surface area contributed by atoms with E-state index in [-0.39, 0.29) is 6.42 Å². The van der Waals surface area contributed by atoms with E-state index < -0.39 is 37.8 Å². The van der Waals surface area contributed by atoms with Gasteiger partial charge in [-0.1, -0.05) is 0 Å². The van der Waals surface area contributed by atoms with Gasteiger partial charge in [0.2, 0.25) is 5.91 Å². The summed E-state index contributed by atoms with van der Waals surface area (Å²) >= 11 is 0. The number of carbonyl (C=O) groups is 2. The largest absolute Gasteiger partial charge is 0.481 e. The second kappa shape index (κ2) is 5.11. The summed E-state index contributed by atoms with van der Waals surface area (Å²) in [5, 5.41) is 11.4. The number of nitrogens with one attached hydrogen (secondary N) is 1. The molecule has 1 amide bonds. The Labute approximate surface area is 113 Å². The van der Waals surface area contributed by atoms with Gasteiger partial charge in [-0.15, -0.1) is 0 Å². The minimum absolute atomic E-state index is 0.158. The summed E-state index contributed by atoms with van der Waals surface area (Å²) in [4.78, 5) is 22.6. The lowest BCUT2D eigenvalue weighted by molar-refractivity contribution is -0.140. The molecule has 0 atom stereocenters. The number of carbonyl (C=O) groups excluding carboxylic acids is 1. The number of hydrogen-bond donors (Lipinski definition) is 2. The average Bonchev–Trinajstić information content (AvgIpc) is 2.10. The van der Waals surface area contributed by atoms with Gasteiger partial charge in [0.1, 0.15) is 5.75 Å². The highest BCUT2D eigenvalue weighted by Gasteiger charge is 2.41. The lowest BCUT2D eigenvalue weighted by Gasteiger charge is -2.41. The minimum Gasteiger partial charge on any atom is -0.481 e. The summed E-state index contributed by atoms with van der Waals surface area (Å²) in [7, 11) is -3.54. The lowest BCUT2D eigenvalue weighted by Crippen LogP contribution is -2.56. The van der Waals surface area contributed by atoms with E-state index in [4.69, 9.17) is 5.11 Å². The highest BCUT2D eigenvalue weighted by molar-refractivity contribution is 7.93. The van der Waals surface area contributed by atoms with Crippen LogP contribution in [0.1, 0.15) is 46.5 Å². The third-order valence-corrected chi connectivity index (χ3v) is 5.97. The highest BCUT2D eigenvalue weighted by atomic mass is 32.2. The Morgan fingerprint density at radius 3 is 2.11 bits per heavy atom. The van der Waals surface area contributed by atoms with Crippen molar-refractivity contribution in [1.29, 1.82) is 0 Å². The van der Waals surface area contributed by atoms with E-state index in [9.17, 15) is 18.0 Å². The second-order valence-corrected chi connectivity index (χ2v) is 8.87. The molecule has 0 spiro atoms. The standard InChI is InChI=1S/C12H21NO5S/c1-11(2,3)19(17,18)8-9(14)13-12(5-4-6-12)7-10(15)16/h4-8H2,1-3H3,(H,13,14)(H,15,16). The zero-order valence-corrected chi connectivity index (χ0v) is 12.3. The van der Waals surface area contributed by atoms with Crippen molar-refractivity contribution in [2.24, 2.45) is 0 Å². The van der Waals surface area contributed by atoms with Crippen molar-refractivity contribution in [3.63, 3.8) is 0 Å². The molecule has 0 aromatic heterocycles. The smallest absolute Gasteiger partial charge is 0.305 e. The van der Waals surface area contributed by atoms with Crippen LogP contribution in [0.3, 0.4) is 0 Å².